The van der Waals surface area contributed by atoms with E-state index in [0.29, 0.717) is 12.1 Å². The molecule has 2 aliphatic carbocycles. The van der Waals surface area contributed by atoms with Gasteiger partial charge in [0, 0.05) is 33.4 Å². The van der Waals surface area contributed by atoms with Crippen molar-refractivity contribution >= 4 is 33.4 Å². The molecule has 0 atom stereocenters. The zero-order valence-electron chi connectivity index (χ0n) is 26.1. The molecule has 0 spiro atoms. The van der Waals surface area contributed by atoms with E-state index in [1.807, 2.05) is 0 Å². The molecule has 0 aromatic heterocycles. The minimum atomic E-state index is -5.69. The first-order valence-electron chi connectivity index (χ1n) is 14.4. The molecule has 2 aliphatic rings. The monoisotopic (exact) mass is 770 g/mol. The number of halogens is 13. The van der Waals surface area contributed by atoms with Crippen LogP contribution in [-0.4, -0.2) is 0 Å². The molecule has 0 radical (unpaired) electrons. The second kappa shape index (κ2) is 12.9. The predicted octanol–water partition coefficient (Wildman–Crippen LogP) is 10.4. The lowest BCUT2D eigenvalue weighted by Crippen LogP contribution is -2.16. The fourth-order valence-electron chi connectivity index (χ4n) is 6.26. The van der Waals surface area contributed by atoms with E-state index >= 15 is 4.39 Å². The molecule has 0 aliphatic heterocycles. The number of hydrogen-bond acceptors (Lipinski definition) is 6. The van der Waals surface area contributed by atoms with Crippen LogP contribution in [0.5, 0.6) is 0 Å². The molecule has 19 heteroatoms. The van der Waals surface area contributed by atoms with Gasteiger partial charge in [-0.25, -0.2) is 4.39 Å². The Morgan fingerprint density at radius 3 is 1.00 bits per heavy atom. The highest BCUT2D eigenvalue weighted by Gasteiger charge is 2.47. The number of allylic oxidation sites excluding steroid dienone is 8. The molecule has 0 heterocycles. The smallest absolute Gasteiger partial charge is 0.206 e. The van der Waals surface area contributed by atoms with Crippen LogP contribution in [0.2, 0.25) is 0 Å². The Kier molecular flexibility index (Phi) is 9.15. The second-order valence-electron chi connectivity index (χ2n) is 11.2. The highest BCUT2D eigenvalue weighted by molar-refractivity contribution is 6.30. The van der Waals surface area contributed by atoms with Crippen molar-refractivity contribution in [1.29, 1.82) is 31.6 Å². The first-order chi connectivity index (χ1) is 25.5. The third-order valence-electron chi connectivity index (χ3n) is 8.31. The molecule has 5 rings (SSSR count). The van der Waals surface area contributed by atoms with E-state index in [1.54, 1.807) is 0 Å². The van der Waals surface area contributed by atoms with Crippen LogP contribution in [0.15, 0.2) is 53.6 Å². The maximum Gasteiger partial charge on any atom is 0.417 e. The van der Waals surface area contributed by atoms with Gasteiger partial charge in [0.15, 0.2) is 0 Å². The Balaban J connectivity index is 1.98. The summed E-state index contributed by atoms with van der Waals surface area (Å²) in [5.74, 6) is -1.71. The van der Waals surface area contributed by atoms with Crippen molar-refractivity contribution in [2.75, 3.05) is 0 Å². The van der Waals surface area contributed by atoms with Gasteiger partial charge in [0.05, 0.1) is 33.4 Å². The quantitative estimate of drug-likeness (QED) is 0.187. The lowest BCUT2D eigenvalue weighted by Gasteiger charge is -2.18. The normalized spacial score (nSPS) is 13.9. The third kappa shape index (κ3) is 6.18. The van der Waals surface area contributed by atoms with Crippen LogP contribution in [0.25, 0.3) is 33.4 Å². The minimum absolute atomic E-state index is 0.0233. The zero-order valence-corrected chi connectivity index (χ0v) is 26.1. The molecule has 6 nitrogen and oxygen atoms in total. The number of benzene rings is 3. The summed E-state index contributed by atoms with van der Waals surface area (Å²) in [7, 11) is 0. The molecule has 0 amide bonds. The van der Waals surface area contributed by atoms with Crippen molar-refractivity contribution in [2.45, 2.75) is 24.7 Å². The molecule has 0 N–H and O–H groups in total. The summed E-state index contributed by atoms with van der Waals surface area (Å²) < 4.78 is 182. The zero-order chi connectivity index (χ0) is 41.2. The van der Waals surface area contributed by atoms with Crippen LogP contribution in [-0.2, 0) is 24.7 Å². The topological polar surface area (TPSA) is 143 Å². The van der Waals surface area contributed by atoms with Crippen molar-refractivity contribution in [1.82, 2.24) is 0 Å². The summed E-state index contributed by atoms with van der Waals surface area (Å²) in [5, 5.41) is 59.7. The van der Waals surface area contributed by atoms with Gasteiger partial charge in [-0.05, 0) is 52.6 Å². The first kappa shape index (κ1) is 38.9. The lowest BCUT2D eigenvalue weighted by molar-refractivity contribution is -0.162. The molecule has 3 aromatic carbocycles. The average molecular weight is 770 g/mol. The van der Waals surface area contributed by atoms with Crippen molar-refractivity contribution < 1.29 is 57.1 Å². The fourth-order valence-corrected chi connectivity index (χ4v) is 6.26. The van der Waals surface area contributed by atoms with Gasteiger partial charge in [0.1, 0.15) is 53.4 Å². The molecule has 0 bridgehead atoms. The van der Waals surface area contributed by atoms with Crippen LogP contribution in [0, 0.1) is 73.8 Å². The number of alkyl halides is 12. The maximum atomic E-state index is 17.0. The van der Waals surface area contributed by atoms with Gasteiger partial charge in [-0.3, -0.25) is 0 Å². The van der Waals surface area contributed by atoms with Gasteiger partial charge in [-0.2, -0.15) is 84.3 Å². The second-order valence-corrected chi connectivity index (χ2v) is 11.2. The SMILES string of the molecule is N#CC(C#N)=C1C(c2ccc(C(F)(F)F)c(C(F)(F)F)c2)=C(C#N)c2c1cc1c(c2F)C(C#N)=C(c2ccc(C(F)(F)F)c(C(F)(F)F)c2)C1=C(C#N)C#N. The summed E-state index contributed by atoms with van der Waals surface area (Å²) in [5.41, 5.74) is -21.7. The highest BCUT2D eigenvalue weighted by Crippen LogP contribution is 2.57. The van der Waals surface area contributed by atoms with Crippen molar-refractivity contribution in [2.24, 2.45) is 0 Å². The van der Waals surface area contributed by atoms with E-state index in [9.17, 15) is 84.3 Å². The fraction of sp³-hybridized carbons (Fsp3) is 0.111. The minimum Gasteiger partial charge on any atom is -0.206 e. The number of rotatable bonds is 2. The van der Waals surface area contributed by atoms with Gasteiger partial charge >= 0.3 is 24.7 Å². The largest absolute Gasteiger partial charge is 0.417 e. The molecule has 0 saturated carbocycles. The van der Waals surface area contributed by atoms with Crippen LogP contribution in [0.4, 0.5) is 57.1 Å². The molecule has 0 unspecified atom stereocenters. The van der Waals surface area contributed by atoms with Gasteiger partial charge in [0.2, 0.25) is 0 Å². The van der Waals surface area contributed by atoms with E-state index in [4.69, 9.17) is 0 Å². The van der Waals surface area contributed by atoms with E-state index in [2.05, 4.69) is 0 Å². The van der Waals surface area contributed by atoms with Crippen LogP contribution >= 0.6 is 0 Å². The van der Waals surface area contributed by atoms with E-state index in [1.165, 1.54) is 36.4 Å². The Hall–Kier alpha value is -7.35. The molecular formula is C36H7F13N6. The van der Waals surface area contributed by atoms with Crippen LogP contribution in [0.1, 0.15) is 55.6 Å². The van der Waals surface area contributed by atoms with Crippen molar-refractivity contribution in [3.8, 4) is 36.4 Å². The molecule has 0 saturated heterocycles. The van der Waals surface area contributed by atoms with E-state index in [0.717, 1.165) is 6.07 Å². The Bertz CT molecular complexity index is 2450. The van der Waals surface area contributed by atoms with Crippen LogP contribution in [0.3, 0.4) is 0 Å². The number of nitrogens with zero attached hydrogens (tertiary/aromatic N) is 6. The Morgan fingerprint density at radius 1 is 0.436 bits per heavy atom. The average Bonchev–Trinajstić information content (AvgIpc) is 3.61. The van der Waals surface area contributed by atoms with Gasteiger partial charge in [0.25, 0.3) is 0 Å². The summed E-state index contributed by atoms with van der Waals surface area (Å²) in [6.07, 6.45) is -22.5. The standard InChI is InChI=1S/C36H7F13N6/c37-32-30-18(28(16(8-50)9-51)26(20(30)12-54)14-1-3-22(33(38,39)40)24(5-14)35(44,45)46)7-19-29(17(10-52)11-53)27(21(13-55)31(19)32)15-2-4-23(34(41,42)43)25(6-15)36(47,48)49/h1-7H. The van der Waals surface area contributed by atoms with Gasteiger partial charge in [-0.1, -0.05) is 12.1 Å². The number of hydrogen-bond donors (Lipinski definition) is 0. The summed E-state index contributed by atoms with van der Waals surface area (Å²) >= 11 is 0. The summed E-state index contributed by atoms with van der Waals surface area (Å²) in [4.78, 5) is 0. The Morgan fingerprint density at radius 2 is 0.745 bits per heavy atom. The maximum absolute atomic E-state index is 17.0. The van der Waals surface area contributed by atoms with Crippen molar-refractivity contribution in [3.05, 3.63) is 115 Å². The van der Waals surface area contributed by atoms with Gasteiger partial charge in [-0.15, -0.1) is 0 Å². The highest BCUT2D eigenvalue weighted by atomic mass is 19.4. The predicted molar refractivity (Wildman–Crippen MR) is 160 cm³/mol. The van der Waals surface area contributed by atoms with E-state index in [-0.39, 0.29) is 24.3 Å². The molecule has 3 aromatic rings. The van der Waals surface area contributed by atoms with Gasteiger partial charge < -0.3 is 0 Å². The summed E-state index contributed by atoms with van der Waals surface area (Å²) in [6, 6.07) is 9.77. The number of fused-ring (bicyclic) bond motifs is 2. The number of nitriles is 6. The Labute approximate surface area is 298 Å². The molecule has 272 valence electrons. The van der Waals surface area contributed by atoms with Crippen molar-refractivity contribution in [3.63, 3.8) is 0 Å². The molecule has 0 fully saturated rings. The first-order valence-corrected chi connectivity index (χ1v) is 14.4. The van der Waals surface area contributed by atoms with E-state index < -0.39 is 131 Å². The molecule has 55 heavy (non-hydrogen) atoms. The molecular weight excluding hydrogens is 763 g/mol. The van der Waals surface area contributed by atoms with Crippen LogP contribution < -0.4 is 0 Å². The lowest BCUT2D eigenvalue weighted by atomic mass is 9.88. The third-order valence-corrected chi connectivity index (χ3v) is 8.31. The summed E-state index contributed by atoms with van der Waals surface area (Å²) in [6.45, 7) is 0.